The van der Waals surface area contributed by atoms with Gasteiger partial charge in [0.15, 0.2) is 12.4 Å². The second-order valence-corrected chi connectivity index (χ2v) is 5.00. The Labute approximate surface area is 105 Å². The Kier molecular flexibility index (Phi) is 1.68. The van der Waals surface area contributed by atoms with E-state index in [1.165, 1.54) is 32.3 Å². The summed E-state index contributed by atoms with van der Waals surface area (Å²) in [7, 11) is 4.12. The second-order valence-electron chi connectivity index (χ2n) is 5.00. The molecule has 0 saturated heterocycles. The third-order valence-electron chi connectivity index (χ3n) is 3.57. The molecule has 0 atom stereocenters. The normalized spacial score (nSPS) is 15.2. The fraction of sp³-hybridized carbons (Fsp3) is 0.125. The Balaban J connectivity index is 2.36. The van der Waals surface area contributed by atoms with Crippen LogP contribution >= 0.6 is 0 Å². The third-order valence-corrected chi connectivity index (χ3v) is 3.57. The van der Waals surface area contributed by atoms with Gasteiger partial charge in [0.2, 0.25) is 0 Å². The van der Waals surface area contributed by atoms with Crippen molar-refractivity contribution in [1.82, 2.24) is 4.90 Å². The Hall–Kier alpha value is -2.31. The molecule has 4 rings (SSSR count). The van der Waals surface area contributed by atoms with Crippen molar-refractivity contribution in [3.05, 3.63) is 52.8 Å². The van der Waals surface area contributed by atoms with Gasteiger partial charge in [0.1, 0.15) is 7.05 Å². The highest BCUT2D eigenvalue weighted by atomic mass is 15.1. The first-order valence-corrected chi connectivity index (χ1v) is 6.07. The highest BCUT2D eigenvalue weighted by Crippen LogP contribution is 2.24. The molecule has 1 aliphatic carbocycles. The molecular weight excluding hydrogens is 220 g/mol. The van der Waals surface area contributed by atoms with Crippen LogP contribution in [0, 0.1) is 0 Å². The number of allylic oxidation sites excluding steroid dienone is 2. The zero-order chi connectivity index (χ0) is 12.3. The Morgan fingerprint density at radius 1 is 1.17 bits per heavy atom. The Morgan fingerprint density at radius 2 is 2.06 bits per heavy atom. The molecule has 2 nitrogen and oxygen atoms in total. The summed E-state index contributed by atoms with van der Waals surface area (Å²) in [5.41, 5.74) is 5.99. The van der Waals surface area contributed by atoms with Crippen LogP contribution in [0.5, 0.6) is 0 Å². The molecule has 1 aliphatic heterocycles. The van der Waals surface area contributed by atoms with E-state index in [2.05, 4.69) is 72.3 Å². The van der Waals surface area contributed by atoms with E-state index in [-0.39, 0.29) is 0 Å². The molecular formula is C16H13N2+. The molecule has 2 aromatic rings. The van der Waals surface area contributed by atoms with Gasteiger partial charge in [-0.25, -0.2) is 4.57 Å². The highest BCUT2D eigenvalue weighted by molar-refractivity contribution is 5.99. The molecule has 1 aromatic carbocycles. The van der Waals surface area contributed by atoms with Crippen LogP contribution in [0.1, 0.15) is 5.56 Å². The van der Waals surface area contributed by atoms with E-state index in [1.807, 2.05) is 0 Å². The van der Waals surface area contributed by atoms with E-state index in [0.29, 0.717) is 0 Å². The minimum atomic E-state index is 1.18. The number of pyridine rings is 1. The van der Waals surface area contributed by atoms with Crippen molar-refractivity contribution in [2.24, 2.45) is 7.05 Å². The lowest BCUT2D eigenvalue weighted by atomic mass is 9.92. The van der Waals surface area contributed by atoms with Crippen LogP contribution in [0.3, 0.4) is 0 Å². The van der Waals surface area contributed by atoms with E-state index in [0.717, 1.165) is 0 Å². The first-order valence-electron chi connectivity index (χ1n) is 6.07. The van der Waals surface area contributed by atoms with Crippen molar-refractivity contribution in [3.8, 4) is 0 Å². The van der Waals surface area contributed by atoms with Gasteiger partial charge in [-0.05, 0) is 17.4 Å². The molecule has 0 unspecified atom stereocenters. The number of hydrogen-bond donors (Lipinski definition) is 0. The minimum Gasteiger partial charge on any atom is -0.356 e. The molecule has 2 heteroatoms. The van der Waals surface area contributed by atoms with Crippen LogP contribution in [0.2, 0.25) is 0 Å². The van der Waals surface area contributed by atoms with Gasteiger partial charge in [-0.3, -0.25) is 0 Å². The first kappa shape index (κ1) is 9.69. The average molecular weight is 233 g/mol. The summed E-state index contributed by atoms with van der Waals surface area (Å²) in [6.45, 7) is 0. The number of aryl methyl sites for hydroxylation is 1. The monoisotopic (exact) mass is 233 g/mol. The van der Waals surface area contributed by atoms with Crippen LogP contribution in [0.4, 0.5) is 0 Å². The zero-order valence-corrected chi connectivity index (χ0v) is 10.4. The SMILES string of the molecule is CN1C=C2C=C=c3c[n+](C)cc4ccc(c2c34)=C1. The molecule has 2 aliphatic rings. The summed E-state index contributed by atoms with van der Waals surface area (Å²) in [6, 6.07) is 4.39. The lowest BCUT2D eigenvalue weighted by Gasteiger charge is -2.19. The lowest BCUT2D eigenvalue weighted by molar-refractivity contribution is -0.670. The highest BCUT2D eigenvalue weighted by Gasteiger charge is 2.16. The fourth-order valence-corrected chi connectivity index (χ4v) is 2.89. The summed E-state index contributed by atoms with van der Waals surface area (Å²) in [4.78, 5) is 2.11. The van der Waals surface area contributed by atoms with E-state index in [4.69, 9.17) is 0 Å². The minimum absolute atomic E-state index is 1.18. The van der Waals surface area contributed by atoms with E-state index in [1.54, 1.807) is 0 Å². The number of rotatable bonds is 0. The largest absolute Gasteiger partial charge is 0.356 e. The maximum absolute atomic E-state index is 3.40. The second kappa shape index (κ2) is 3.12. The molecule has 0 N–H and O–H groups in total. The quantitative estimate of drug-likeness (QED) is 0.606. The van der Waals surface area contributed by atoms with Gasteiger partial charge in [-0.1, -0.05) is 6.07 Å². The van der Waals surface area contributed by atoms with Gasteiger partial charge in [0.25, 0.3) is 0 Å². The summed E-state index contributed by atoms with van der Waals surface area (Å²) in [5, 5.41) is 5.07. The van der Waals surface area contributed by atoms with Crippen LogP contribution in [0.15, 0.2) is 36.8 Å². The number of nitrogens with zero attached hydrogens (tertiary/aromatic N) is 2. The smallest absolute Gasteiger partial charge is 0.184 e. The fourth-order valence-electron chi connectivity index (χ4n) is 2.89. The topological polar surface area (TPSA) is 7.12 Å². The molecule has 0 bridgehead atoms. The van der Waals surface area contributed by atoms with Crippen molar-refractivity contribution in [2.75, 3.05) is 7.05 Å². The summed E-state index contributed by atoms with van der Waals surface area (Å²) in [5.74, 6) is 0. The summed E-state index contributed by atoms with van der Waals surface area (Å²) in [6.07, 6.45) is 10.7. The van der Waals surface area contributed by atoms with Crippen LogP contribution < -0.4 is 15.0 Å². The van der Waals surface area contributed by atoms with Gasteiger partial charge >= 0.3 is 0 Å². The van der Waals surface area contributed by atoms with Gasteiger partial charge in [-0.2, -0.15) is 0 Å². The van der Waals surface area contributed by atoms with Crippen LogP contribution in [0.25, 0.3) is 28.3 Å². The molecule has 18 heavy (non-hydrogen) atoms. The molecule has 86 valence electrons. The van der Waals surface area contributed by atoms with E-state index in [9.17, 15) is 0 Å². The van der Waals surface area contributed by atoms with Crippen LogP contribution in [-0.4, -0.2) is 11.9 Å². The van der Waals surface area contributed by atoms with Crippen molar-refractivity contribution in [1.29, 1.82) is 0 Å². The average Bonchev–Trinajstić information content (AvgIpc) is 2.34. The number of benzene rings is 1. The predicted octanol–water partition coefficient (Wildman–Crippen LogP) is 0.638. The molecule has 0 fully saturated rings. The molecule has 0 spiro atoms. The van der Waals surface area contributed by atoms with Gasteiger partial charge in [0, 0.05) is 41.4 Å². The first-order chi connectivity index (χ1) is 8.72. The van der Waals surface area contributed by atoms with Crippen molar-refractivity contribution < 1.29 is 4.57 Å². The molecule has 2 heterocycles. The third kappa shape index (κ3) is 1.15. The van der Waals surface area contributed by atoms with Crippen molar-refractivity contribution in [3.63, 3.8) is 0 Å². The molecule has 0 amide bonds. The lowest BCUT2D eigenvalue weighted by Crippen LogP contribution is -2.33. The molecule has 1 aromatic heterocycles. The number of hydrogen-bond acceptors (Lipinski definition) is 1. The van der Waals surface area contributed by atoms with Crippen LogP contribution in [-0.2, 0) is 7.05 Å². The summed E-state index contributed by atoms with van der Waals surface area (Å²) >= 11 is 0. The van der Waals surface area contributed by atoms with Crippen molar-refractivity contribution in [2.45, 2.75) is 0 Å². The van der Waals surface area contributed by atoms with Gasteiger partial charge < -0.3 is 4.90 Å². The van der Waals surface area contributed by atoms with E-state index >= 15 is 0 Å². The standard InChI is InChI=1S/C16H13N2/c1-17-7-11-3-5-13-9-18(2)10-14-6-4-12(8-17)15(11)16(13)14/h3-5,7-10H,1-2H3/q+1. The van der Waals surface area contributed by atoms with Crippen molar-refractivity contribution >= 4 is 28.3 Å². The summed E-state index contributed by atoms with van der Waals surface area (Å²) < 4.78 is 2.10. The van der Waals surface area contributed by atoms with Gasteiger partial charge in [0.05, 0.1) is 5.22 Å². The Morgan fingerprint density at radius 3 is 2.94 bits per heavy atom. The molecule has 0 saturated carbocycles. The Bertz CT molecular complexity index is 881. The van der Waals surface area contributed by atoms with E-state index < -0.39 is 0 Å². The maximum Gasteiger partial charge on any atom is 0.184 e. The molecule has 0 radical (unpaired) electrons. The predicted molar refractivity (Wildman–Crippen MR) is 72.6 cm³/mol. The van der Waals surface area contributed by atoms with Gasteiger partial charge in [-0.15, -0.1) is 5.73 Å². The maximum atomic E-state index is 3.40. The zero-order valence-electron chi connectivity index (χ0n) is 10.4. The number of aromatic nitrogens is 1.